The molecule has 0 atom stereocenters. The molecule has 0 unspecified atom stereocenters. The Labute approximate surface area is 153 Å². The number of halogens is 1. The quantitative estimate of drug-likeness (QED) is 0.879. The van der Waals surface area contributed by atoms with Crippen LogP contribution in [0.15, 0.2) is 40.2 Å². The largest absolute Gasteiger partial charge is 0.324 e. The first-order chi connectivity index (χ1) is 12.0. The zero-order valence-corrected chi connectivity index (χ0v) is 14.9. The van der Waals surface area contributed by atoms with Crippen molar-refractivity contribution in [3.8, 4) is 0 Å². The van der Waals surface area contributed by atoms with Crippen molar-refractivity contribution in [2.24, 2.45) is 0 Å². The maximum absolute atomic E-state index is 12.7. The van der Waals surface area contributed by atoms with Gasteiger partial charge < -0.3 is 10.2 Å². The molecule has 0 bridgehead atoms. The van der Waals surface area contributed by atoms with E-state index in [0.717, 1.165) is 4.68 Å². The van der Waals surface area contributed by atoms with Gasteiger partial charge in [0.05, 0.1) is 16.8 Å². The zero-order valence-electron chi connectivity index (χ0n) is 13.4. The number of carbonyl (C=O) groups excluding carboxylic acids is 2. The maximum Gasteiger partial charge on any atom is 0.292 e. The number of nitrogens with zero attached hydrogens (tertiary/aromatic N) is 3. The van der Waals surface area contributed by atoms with E-state index in [1.165, 1.54) is 22.9 Å². The summed E-state index contributed by atoms with van der Waals surface area (Å²) in [5, 5.41) is 7.20. The van der Waals surface area contributed by atoms with Crippen LogP contribution in [-0.4, -0.2) is 33.9 Å². The smallest absolute Gasteiger partial charge is 0.292 e. The molecule has 9 heteroatoms. The first-order valence-corrected chi connectivity index (χ1v) is 8.94. The fourth-order valence-corrected chi connectivity index (χ4v) is 3.59. The topological polar surface area (TPSA) is 84.3 Å². The van der Waals surface area contributed by atoms with Gasteiger partial charge in [-0.05, 0) is 25.1 Å². The van der Waals surface area contributed by atoms with Gasteiger partial charge in [0.25, 0.3) is 5.56 Å². The fourth-order valence-electron chi connectivity index (χ4n) is 2.51. The number of carbonyl (C=O) groups is 2. The van der Waals surface area contributed by atoms with E-state index in [1.807, 2.05) is 0 Å². The lowest BCUT2D eigenvalue weighted by Gasteiger charge is -2.26. The number of fused-ring (bicyclic) bond motifs is 1. The van der Waals surface area contributed by atoms with Crippen molar-refractivity contribution in [1.82, 2.24) is 9.78 Å². The third-order valence-electron chi connectivity index (χ3n) is 3.62. The van der Waals surface area contributed by atoms with Crippen molar-refractivity contribution >= 4 is 46.6 Å². The van der Waals surface area contributed by atoms with Crippen LogP contribution in [0, 0.1) is 0 Å². The van der Waals surface area contributed by atoms with Crippen molar-refractivity contribution in [2.45, 2.75) is 18.4 Å². The number of nitrogens with one attached hydrogen (secondary N) is 1. The molecule has 1 aliphatic rings. The standard InChI is InChI=1S/C16H15ClN4O3S/c1-2-20-14(23)9-25-12-7-18-21(16(24)15(12)20)8-13(22)19-11-5-3-4-10(17)6-11/h3-7H,2,8-9H2,1H3,(H,19,22). The Bertz CT molecular complexity index is 899. The van der Waals surface area contributed by atoms with Crippen molar-refractivity contribution in [2.75, 3.05) is 22.5 Å². The van der Waals surface area contributed by atoms with E-state index >= 15 is 0 Å². The second-order valence-electron chi connectivity index (χ2n) is 5.31. The van der Waals surface area contributed by atoms with Gasteiger partial charge in [0, 0.05) is 17.3 Å². The van der Waals surface area contributed by atoms with Gasteiger partial charge >= 0.3 is 0 Å². The molecule has 0 saturated heterocycles. The number of hydrogen-bond acceptors (Lipinski definition) is 5. The second-order valence-corrected chi connectivity index (χ2v) is 6.76. The molecule has 1 aromatic carbocycles. The molecule has 1 N–H and O–H groups in total. The number of amides is 2. The Kier molecular flexibility index (Phi) is 5.10. The summed E-state index contributed by atoms with van der Waals surface area (Å²) in [4.78, 5) is 38.9. The number of rotatable bonds is 4. The number of hydrogen-bond donors (Lipinski definition) is 1. The van der Waals surface area contributed by atoms with Gasteiger partial charge in [-0.15, -0.1) is 11.8 Å². The van der Waals surface area contributed by atoms with Gasteiger partial charge in [-0.2, -0.15) is 5.10 Å². The molecule has 130 valence electrons. The molecule has 0 spiro atoms. The number of aromatic nitrogens is 2. The van der Waals surface area contributed by atoms with Crippen molar-refractivity contribution in [3.63, 3.8) is 0 Å². The van der Waals surface area contributed by atoms with Crippen LogP contribution in [0.1, 0.15) is 6.92 Å². The van der Waals surface area contributed by atoms with Crippen LogP contribution in [0.2, 0.25) is 5.02 Å². The molecule has 1 aliphatic heterocycles. The Morgan fingerprint density at radius 3 is 2.92 bits per heavy atom. The van der Waals surface area contributed by atoms with E-state index in [2.05, 4.69) is 10.4 Å². The summed E-state index contributed by atoms with van der Waals surface area (Å²) >= 11 is 7.16. The van der Waals surface area contributed by atoms with Crippen LogP contribution in [0.25, 0.3) is 0 Å². The minimum atomic E-state index is -0.457. The molecule has 1 aromatic heterocycles. The Balaban J connectivity index is 1.84. The van der Waals surface area contributed by atoms with Crippen LogP contribution in [-0.2, 0) is 16.1 Å². The summed E-state index contributed by atoms with van der Waals surface area (Å²) < 4.78 is 1.06. The second kappa shape index (κ2) is 7.28. The van der Waals surface area contributed by atoms with E-state index in [0.29, 0.717) is 22.2 Å². The molecule has 7 nitrogen and oxygen atoms in total. The highest BCUT2D eigenvalue weighted by atomic mass is 35.5. The summed E-state index contributed by atoms with van der Waals surface area (Å²) in [5.74, 6) is -0.255. The van der Waals surface area contributed by atoms with Crippen LogP contribution in [0.4, 0.5) is 11.4 Å². The molecule has 0 saturated carbocycles. The first kappa shape index (κ1) is 17.5. The number of thioether (sulfide) groups is 1. The van der Waals surface area contributed by atoms with Gasteiger partial charge in [0.15, 0.2) is 0 Å². The van der Waals surface area contributed by atoms with Crippen molar-refractivity contribution in [3.05, 3.63) is 45.8 Å². The van der Waals surface area contributed by atoms with E-state index in [4.69, 9.17) is 11.6 Å². The predicted octanol–water partition coefficient (Wildman–Crippen LogP) is 1.99. The Morgan fingerprint density at radius 2 is 2.20 bits per heavy atom. The van der Waals surface area contributed by atoms with Gasteiger partial charge in [-0.25, -0.2) is 4.68 Å². The number of anilines is 2. The average Bonchev–Trinajstić information content (AvgIpc) is 2.57. The molecule has 2 aromatic rings. The summed E-state index contributed by atoms with van der Waals surface area (Å²) in [7, 11) is 0. The normalized spacial score (nSPS) is 13.5. The third-order valence-corrected chi connectivity index (χ3v) is 4.86. The summed E-state index contributed by atoms with van der Waals surface area (Å²) in [5.41, 5.74) is 0.361. The van der Waals surface area contributed by atoms with Crippen LogP contribution in [0.3, 0.4) is 0 Å². The molecular weight excluding hydrogens is 364 g/mol. The molecule has 3 rings (SSSR count). The molecule has 2 heterocycles. The Morgan fingerprint density at radius 1 is 1.40 bits per heavy atom. The molecule has 25 heavy (non-hydrogen) atoms. The minimum Gasteiger partial charge on any atom is -0.324 e. The lowest BCUT2D eigenvalue weighted by atomic mass is 10.3. The SMILES string of the molecule is CCN1C(=O)CSc2cnn(CC(=O)Nc3cccc(Cl)c3)c(=O)c21. The van der Waals surface area contributed by atoms with Crippen LogP contribution < -0.4 is 15.8 Å². The molecule has 2 amide bonds. The highest BCUT2D eigenvalue weighted by Crippen LogP contribution is 2.31. The fraction of sp³-hybridized carbons (Fsp3) is 0.250. The minimum absolute atomic E-state index is 0.127. The average molecular weight is 379 g/mol. The van der Waals surface area contributed by atoms with Crippen LogP contribution in [0.5, 0.6) is 0 Å². The van der Waals surface area contributed by atoms with E-state index in [9.17, 15) is 14.4 Å². The third kappa shape index (κ3) is 3.69. The van der Waals surface area contributed by atoms with E-state index in [-0.39, 0.29) is 23.9 Å². The summed E-state index contributed by atoms with van der Waals surface area (Å²) in [6.07, 6.45) is 1.52. The lowest BCUT2D eigenvalue weighted by molar-refractivity contribution is -0.117. The number of benzene rings is 1. The van der Waals surface area contributed by atoms with Crippen LogP contribution >= 0.6 is 23.4 Å². The monoisotopic (exact) mass is 378 g/mol. The highest BCUT2D eigenvalue weighted by Gasteiger charge is 2.28. The molecule has 0 fully saturated rings. The molecular formula is C16H15ClN4O3S. The van der Waals surface area contributed by atoms with Gasteiger partial charge in [-0.3, -0.25) is 14.4 Å². The molecule has 0 aliphatic carbocycles. The summed E-state index contributed by atoms with van der Waals surface area (Å²) in [6.45, 7) is 1.93. The van der Waals surface area contributed by atoms with E-state index in [1.54, 1.807) is 31.2 Å². The summed E-state index contributed by atoms with van der Waals surface area (Å²) in [6, 6.07) is 6.71. The van der Waals surface area contributed by atoms with E-state index < -0.39 is 11.5 Å². The first-order valence-electron chi connectivity index (χ1n) is 7.58. The van der Waals surface area contributed by atoms with Crippen molar-refractivity contribution < 1.29 is 9.59 Å². The predicted molar refractivity (Wildman–Crippen MR) is 97.3 cm³/mol. The zero-order chi connectivity index (χ0) is 18.0. The van der Waals surface area contributed by atoms with Gasteiger partial charge in [-0.1, -0.05) is 17.7 Å². The van der Waals surface area contributed by atoms with Gasteiger partial charge in [0.2, 0.25) is 11.8 Å². The van der Waals surface area contributed by atoms with Gasteiger partial charge in [0.1, 0.15) is 12.2 Å². The maximum atomic E-state index is 12.7. The lowest BCUT2D eigenvalue weighted by Crippen LogP contribution is -2.42. The Hall–Kier alpha value is -2.32. The van der Waals surface area contributed by atoms with Crippen molar-refractivity contribution in [1.29, 1.82) is 0 Å². The highest BCUT2D eigenvalue weighted by molar-refractivity contribution is 8.00. The molecule has 0 radical (unpaired) electrons.